The topological polar surface area (TPSA) is 70.4 Å². The van der Waals surface area contributed by atoms with Crippen LogP contribution in [0.5, 0.6) is 0 Å². The van der Waals surface area contributed by atoms with Gasteiger partial charge in [-0.15, -0.1) is 0 Å². The second-order valence-electron chi connectivity index (χ2n) is 6.37. The van der Waals surface area contributed by atoms with Gasteiger partial charge in [-0.25, -0.2) is 9.97 Å². The van der Waals surface area contributed by atoms with Crippen LogP contribution in [0.2, 0.25) is 5.02 Å². The number of hydrogen-bond acceptors (Lipinski definition) is 5. The number of aliphatic imine (C=N–C) groups is 1. The molecule has 0 bridgehead atoms. The molecule has 6 heteroatoms. The summed E-state index contributed by atoms with van der Waals surface area (Å²) in [6.45, 7) is 0. The molecular formula is C18H19ClN4O. The molecule has 1 fully saturated rings. The summed E-state index contributed by atoms with van der Waals surface area (Å²) in [5.74, 6) is 1.45. The maximum Gasteiger partial charge on any atom is 0.161 e. The molecule has 1 aromatic carbocycles. The van der Waals surface area contributed by atoms with E-state index in [9.17, 15) is 5.11 Å². The smallest absolute Gasteiger partial charge is 0.161 e. The fraction of sp³-hybridized carbons (Fsp3) is 0.389. The Morgan fingerprint density at radius 1 is 1.12 bits per heavy atom. The van der Waals surface area contributed by atoms with Gasteiger partial charge in [-0.3, -0.25) is 4.99 Å². The summed E-state index contributed by atoms with van der Waals surface area (Å²) in [6.07, 6.45) is 5.97. The van der Waals surface area contributed by atoms with Crippen LogP contribution in [-0.2, 0) is 6.42 Å². The number of hydrogen-bond donors (Lipinski definition) is 2. The van der Waals surface area contributed by atoms with E-state index in [2.05, 4.69) is 15.3 Å². The first-order chi connectivity index (χ1) is 11.7. The molecule has 0 atom stereocenters. The van der Waals surface area contributed by atoms with Crippen LogP contribution in [-0.4, -0.2) is 33.4 Å². The quantitative estimate of drug-likeness (QED) is 0.890. The van der Waals surface area contributed by atoms with Crippen molar-refractivity contribution in [3.05, 3.63) is 35.0 Å². The summed E-state index contributed by atoms with van der Waals surface area (Å²) in [7, 11) is 0. The number of nitrogens with zero attached hydrogens (tertiary/aromatic N) is 3. The summed E-state index contributed by atoms with van der Waals surface area (Å²) in [5.41, 5.74) is 2.68. The van der Waals surface area contributed by atoms with Gasteiger partial charge < -0.3 is 10.4 Å². The molecule has 5 nitrogen and oxygen atoms in total. The third kappa shape index (κ3) is 3.14. The van der Waals surface area contributed by atoms with Gasteiger partial charge in [0.25, 0.3) is 0 Å². The Morgan fingerprint density at radius 2 is 1.96 bits per heavy atom. The van der Waals surface area contributed by atoms with Crippen molar-refractivity contribution in [2.45, 2.75) is 44.2 Å². The van der Waals surface area contributed by atoms with Crippen molar-refractivity contribution >= 4 is 29.3 Å². The van der Waals surface area contributed by atoms with Gasteiger partial charge in [0.2, 0.25) is 0 Å². The highest BCUT2D eigenvalue weighted by Gasteiger charge is 2.23. The van der Waals surface area contributed by atoms with E-state index < -0.39 is 0 Å². The number of fused-ring (bicyclic) bond motifs is 1. The first-order valence-corrected chi connectivity index (χ1v) is 8.71. The minimum Gasteiger partial charge on any atom is -0.393 e. The normalized spacial score (nSPS) is 22.4. The maximum atomic E-state index is 9.68. The number of aromatic nitrogens is 2. The summed E-state index contributed by atoms with van der Waals surface area (Å²) >= 11 is 6.10. The van der Waals surface area contributed by atoms with Crippen molar-refractivity contribution < 1.29 is 5.11 Å². The number of benzene rings is 1. The first-order valence-electron chi connectivity index (χ1n) is 8.33. The molecule has 1 aromatic heterocycles. The standard InChI is InChI=1S/C18H19ClN4O/c19-12-3-1-2-11(10-12)17-22-15-8-9-20-16(15)18(23-17)21-13-4-6-14(24)7-5-13/h1-3,9-10,13-14,24H,4-8H2,(H,21,22,23). The van der Waals surface area contributed by atoms with Crippen molar-refractivity contribution in [3.8, 4) is 11.4 Å². The van der Waals surface area contributed by atoms with Gasteiger partial charge in [0, 0.05) is 29.3 Å². The largest absolute Gasteiger partial charge is 0.393 e. The number of anilines is 1. The number of aliphatic hydroxyl groups is 1. The highest BCUT2D eigenvalue weighted by molar-refractivity contribution is 6.30. The second kappa shape index (κ2) is 6.49. The van der Waals surface area contributed by atoms with Crippen LogP contribution >= 0.6 is 11.6 Å². The van der Waals surface area contributed by atoms with Crippen molar-refractivity contribution in [1.82, 2.24) is 9.97 Å². The van der Waals surface area contributed by atoms with Crippen molar-refractivity contribution in [1.29, 1.82) is 0 Å². The summed E-state index contributed by atoms with van der Waals surface area (Å²) in [6, 6.07) is 7.90. The maximum absolute atomic E-state index is 9.68. The predicted octanol–water partition coefficient (Wildman–Crippen LogP) is 3.77. The Bertz CT molecular complexity index is 785. The van der Waals surface area contributed by atoms with Crippen LogP contribution in [0, 0.1) is 0 Å². The molecule has 2 N–H and O–H groups in total. The van der Waals surface area contributed by atoms with E-state index in [0.29, 0.717) is 16.9 Å². The Hall–Kier alpha value is -1.98. The van der Waals surface area contributed by atoms with Gasteiger partial charge in [-0.05, 0) is 37.8 Å². The van der Waals surface area contributed by atoms with Gasteiger partial charge in [0.05, 0.1) is 11.8 Å². The summed E-state index contributed by atoms with van der Waals surface area (Å²) < 4.78 is 0. The van der Waals surface area contributed by atoms with Crippen molar-refractivity contribution in [2.24, 2.45) is 4.99 Å². The van der Waals surface area contributed by atoms with Gasteiger partial charge >= 0.3 is 0 Å². The van der Waals surface area contributed by atoms with Crippen molar-refractivity contribution in [2.75, 3.05) is 5.32 Å². The molecular weight excluding hydrogens is 324 g/mol. The minimum absolute atomic E-state index is 0.167. The fourth-order valence-corrected chi connectivity index (χ4v) is 3.46. The molecule has 24 heavy (non-hydrogen) atoms. The zero-order valence-electron chi connectivity index (χ0n) is 13.2. The number of halogens is 1. The SMILES string of the molecule is OC1CCC(Nc2nc(-c3cccc(Cl)c3)nc3c2N=CC3)CC1. The zero-order valence-corrected chi connectivity index (χ0v) is 14.0. The van der Waals surface area contributed by atoms with E-state index in [-0.39, 0.29) is 6.10 Å². The van der Waals surface area contributed by atoms with Crippen molar-refractivity contribution in [3.63, 3.8) is 0 Å². The van der Waals surface area contributed by atoms with Crippen LogP contribution in [0.15, 0.2) is 29.3 Å². The third-order valence-corrected chi connectivity index (χ3v) is 4.82. The Balaban J connectivity index is 1.66. The molecule has 0 spiro atoms. The Kier molecular flexibility index (Phi) is 4.21. The summed E-state index contributed by atoms with van der Waals surface area (Å²) in [5, 5.41) is 13.9. The molecule has 1 saturated carbocycles. The predicted molar refractivity (Wildman–Crippen MR) is 96.2 cm³/mol. The lowest BCUT2D eigenvalue weighted by Crippen LogP contribution is -2.28. The molecule has 2 heterocycles. The molecule has 1 aliphatic carbocycles. The molecule has 2 aromatic rings. The van der Waals surface area contributed by atoms with E-state index in [1.807, 2.05) is 30.5 Å². The van der Waals surface area contributed by atoms with Gasteiger partial charge in [-0.2, -0.15) is 0 Å². The van der Waals surface area contributed by atoms with E-state index in [1.54, 1.807) is 0 Å². The van der Waals surface area contributed by atoms with E-state index in [1.165, 1.54) is 0 Å². The van der Waals surface area contributed by atoms with Gasteiger partial charge in [-0.1, -0.05) is 23.7 Å². The Morgan fingerprint density at radius 3 is 2.75 bits per heavy atom. The molecule has 0 unspecified atom stereocenters. The van der Waals surface area contributed by atoms with Crippen LogP contribution in [0.3, 0.4) is 0 Å². The van der Waals surface area contributed by atoms with Crippen LogP contribution in [0.4, 0.5) is 11.5 Å². The fourth-order valence-electron chi connectivity index (χ4n) is 3.27. The number of aliphatic hydroxyl groups excluding tert-OH is 1. The average Bonchev–Trinajstić information content (AvgIpc) is 3.06. The summed E-state index contributed by atoms with van der Waals surface area (Å²) in [4.78, 5) is 13.8. The average molecular weight is 343 g/mol. The molecule has 4 rings (SSSR count). The highest BCUT2D eigenvalue weighted by atomic mass is 35.5. The molecule has 0 amide bonds. The second-order valence-corrected chi connectivity index (χ2v) is 6.80. The van der Waals surface area contributed by atoms with Crippen LogP contribution in [0.1, 0.15) is 31.4 Å². The number of rotatable bonds is 3. The molecule has 0 radical (unpaired) electrons. The van der Waals surface area contributed by atoms with E-state index >= 15 is 0 Å². The van der Waals surface area contributed by atoms with E-state index in [4.69, 9.17) is 16.6 Å². The highest BCUT2D eigenvalue weighted by Crippen LogP contribution is 2.34. The lowest BCUT2D eigenvalue weighted by atomic mass is 9.93. The lowest BCUT2D eigenvalue weighted by molar-refractivity contribution is 0.126. The van der Waals surface area contributed by atoms with Gasteiger partial charge in [0.1, 0.15) is 5.69 Å². The molecule has 2 aliphatic rings. The van der Waals surface area contributed by atoms with Gasteiger partial charge in [0.15, 0.2) is 11.6 Å². The Labute approximate surface area is 145 Å². The van der Waals surface area contributed by atoms with E-state index in [0.717, 1.165) is 54.9 Å². The molecule has 0 saturated heterocycles. The third-order valence-electron chi connectivity index (χ3n) is 4.58. The number of nitrogens with one attached hydrogen (secondary N) is 1. The lowest BCUT2D eigenvalue weighted by Gasteiger charge is -2.27. The minimum atomic E-state index is -0.167. The van der Waals surface area contributed by atoms with Crippen LogP contribution < -0.4 is 5.32 Å². The molecule has 1 aliphatic heterocycles. The zero-order chi connectivity index (χ0) is 16.5. The molecule has 124 valence electrons. The monoisotopic (exact) mass is 342 g/mol. The first kappa shape index (κ1) is 15.5. The van der Waals surface area contributed by atoms with Crippen LogP contribution in [0.25, 0.3) is 11.4 Å².